The smallest absolute Gasteiger partial charge is 0.181 e. The molecule has 0 spiro atoms. The van der Waals surface area contributed by atoms with Gasteiger partial charge in [0.05, 0.1) is 10.2 Å². The van der Waals surface area contributed by atoms with Crippen molar-refractivity contribution in [1.82, 2.24) is 24.7 Å². The number of fused-ring (bicyclic) bond motifs is 2. The molecule has 4 aromatic heterocycles. The lowest BCUT2D eigenvalue weighted by atomic mass is 9.84. The summed E-state index contributed by atoms with van der Waals surface area (Å²) in [7, 11) is 1.90. The lowest BCUT2D eigenvalue weighted by molar-refractivity contribution is 0.426. The summed E-state index contributed by atoms with van der Waals surface area (Å²) in [6, 6.07) is 4.29. The van der Waals surface area contributed by atoms with Crippen LogP contribution >= 0.6 is 11.3 Å². The van der Waals surface area contributed by atoms with E-state index in [9.17, 15) is 0 Å². The normalized spacial score (nSPS) is 15.3. The van der Waals surface area contributed by atoms with Crippen molar-refractivity contribution in [3.05, 3.63) is 35.6 Å². The minimum Gasteiger partial charge on any atom is -0.273 e. The molecule has 4 aromatic rings. The van der Waals surface area contributed by atoms with Gasteiger partial charge in [0.25, 0.3) is 0 Å². The van der Waals surface area contributed by atoms with E-state index in [1.54, 1.807) is 10.9 Å². The fraction of sp³-hybridized carbons (Fsp3) is 0.294. The highest BCUT2D eigenvalue weighted by molar-refractivity contribution is 7.19. The minimum atomic E-state index is 0.730. The molecule has 5 rings (SSSR count). The summed E-state index contributed by atoms with van der Waals surface area (Å²) in [5.41, 5.74) is 2.73. The topological polar surface area (TPSA) is 56.5 Å². The molecule has 0 N–H and O–H groups in total. The molecule has 1 aliphatic rings. The lowest BCUT2D eigenvalue weighted by Crippen LogP contribution is -2.06. The molecule has 0 atom stereocenters. The Morgan fingerprint density at radius 2 is 2.09 bits per heavy atom. The van der Waals surface area contributed by atoms with E-state index in [2.05, 4.69) is 27.2 Å². The SMILES string of the molecule is Cn1cc2cc(-c3ncc4sc(C5CCC5)cc4n3)cnc2n1. The summed E-state index contributed by atoms with van der Waals surface area (Å²) in [6.45, 7) is 0. The van der Waals surface area contributed by atoms with Crippen molar-refractivity contribution in [3.8, 4) is 11.4 Å². The third-order valence-corrected chi connectivity index (χ3v) is 5.75. The van der Waals surface area contributed by atoms with Gasteiger partial charge in [0.2, 0.25) is 0 Å². The zero-order valence-corrected chi connectivity index (χ0v) is 13.5. The van der Waals surface area contributed by atoms with E-state index in [-0.39, 0.29) is 0 Å². The summed E-state index contributed by atoms with van der Waals surface area (Å²) in [6.07, 6.45) is 9.69. The number of thiophene rings is 1. The van der Waals surface area contributed by atoms with Crippen molar-refractivity contribution >= 4 is 32.6 Å². The molecule has 0 aromatic carbocycles. The van der Waals surface area contributed by atoms with Crippen LogP contribution < -0.4 is 0 Å². The Morgan fingerprint density at radius 3 is 2.91 bits per heavy atom. The van der Waals surface area contributed by atoms with E-state index < -0.39 is 0 Å². The van der Waals surface area contributed by atoms with Crippen LogP contribution in [0, 0.1) is 0 Å². The molecule has 0 bridgehead atoms. The first-order valence-electron chi connectivity index (χ1n) is 7.82. The molecule has 0 radical (unpaired) electrons. The van der Waals surface area contributed by atoms with Gasteiger partial charge >= 0.3 is 0 Å². The maximum Gasteiger partial charge on any atom is 0.181 e. The van der Waals surface area contributed by atoms with Gasteiger partial charge in [0.15, 0.2) is 11.5 Å². The van der Waals surface area contributed by atoms with Gasteiger partial charge in [-0.3, -0.25) is 4.68 Å². The number of hydrogen-bond acceptors (Lipinski definition) is 5. The fourth-order valence-electron chi connectivity index (χ4n) is 3.05. The molecule has 5 nitrogen and oxygen atoms in total. The summed E-state index contributed by atoms with van der Waals surface area (Å²) in [5.74, 6) is 1.47. The zero-order valence-electron chi connectivity index (χ0n) is 12.7. The van der Waals surface area contributed by atoms with E-state index in [4.69, 9.17) is 4.98 Å². The Hall–Kier alpha value is -2.34. The Kier molecular flexibility index (Phi) is 2.76. The van der Waals surface area contributed by atoms with E-state index in [0.29, 0.717) is 0 Å². The van der Waals surface area contributed by atoms with E-state index in [1.807, 2.05) is 30.8 Å². The van der Waals surface area contributed by atoms with E-state index >= 15 is 0 Å². The predicted octanol–water partition coefficient (Wildman–Crippen LogP) is 3.91. The summed E-state index contributed by atoms with van der Waals surface area (Å²) in [4.78, 5) is 15.2. The van der Waals surface area contributed by atoms with Gasteiger partial charge in [-0.05, 0) is 30.9 Å². The second-order valence-electron chi connectivity index (χ2n) is 6.16. The van der Waals surface area contributed by atoms with Crippen molar-refractivity contribution in [2.45, 2.75) is 25.2 Å². The number of aryl methyl sites for hydroxylation is 1. The first-order chi connectivity index (χ1) is 11.3. The monoisotopic (exact) mass is 321 g/mol. The maximum absolute atomic E-state index is 4.75. The van der Waals surface area contributed by atoms with Crippen LogP contribution in [0.4, 0.5) is 0 Å². The molecule has 0 amide bonds. The molecule has 23 heavy (non-hydrogen) atoms. The molecule has 0 aliphatic heterocycles. The highest BCUT2D eigenvalue weighted by atomic mass is 32.1. The van der Waals surface area contributed by atoms with Crippen molar-refractivity contribution in [3.63, 3.8) is 0 Å². The molecule has 0 saturated heterocycles. The zero-order chi connectivity index (χ0) is 15.4. The quantitative estimate of drug-likeness (QED) is 0.562. The van der Waals surface area contributed by atoms with Crippen LogP contribution in [-0.2, 0) is 7.05 Å². The first kappa shape index (κ1) is 13.1. The molecule has 1 saturated carbocycles. The Bertz CT molecular complexity index is 1030. The first-order valence-corrected chi connectivity index (χ1v) is 8.64. The standard InChI is InChI=1S/C17H15N5S/c1-22-9-12-5-11(7-18-17(12)21-22)16-19-8-15-13(20-16)6-14(23-15)10-3-2-4-10/h5-10H,2-4H2,1H3. The van der Waals surface area contributed by atoms with Crippen molar-refractivity contribution < 1.29 is 0 Å². The van der Waals surface area contributed by atoms with Crippen LogP contribution in [0.25, 0.3) is 32.6 Å². The second-order valence-corrected chi connectivity index (χ2v) is 7.27. The van der Waals surface area contributed by atoms with Crippen molar-refractivity contribution in [1.29, 1.82) is 0 Å². The Balaban J connectivity index is 1.59. The molecule has 6 heteroatoms. The highest BCUT2D eigenvalue weighted by Crippen LogP contribution is 2.41. The van der Waals surface area contributed by atoms with E-state index in [1.165, 1.54) is 28.8 Å². The average Bonchev–Trinajstić information content (AvgIpc) is 3.05. The highest BCUT2D eigenvalue weighted by Gasteiger charge is 2.22. The second kappa shape index (κ2) is 4.83. The third-order valence-electron chi connectivity index (χ3n) is 4.53. The predicted molar refractivity (Wildman–Crippen MR) is 91.5 cm³/mol. The number of rotatable bonds is 2. The Morgan fingerprint density at radius 1 is 1.17 bits per heavy atom. The van der Waals surface area contributed by atoms with Crippen LogP contribution in [0.15, 0.2) is 30.7 Å². The fourth-order valence-corrected chi connectivity index (χ4v) is 4.19. The van der Waals surface area contributed by atoms with Crippen LogP contribution in [0.2, 0.25) is 0 Å². The third kappa shape index (κ3) is 2.13. The molecule has 0 unspecified atom stereocenters. The average molecular weight is 321 g/mol. The maximum atomic E-state index is 4.75. The Labute approximate surface area is 137 Å². The van der Waals surface area contributed by atoms with Gasteiger partial charge in [0, 0.05) is 41.5 Å². The van der Waals surface area contributed by atoms with Gasteiger partial charge in [-0.2, -0.15) is 5.10 Å². The molecule has 1 fully saturated rings. The van der Waals surface area contributed by atoms with Crippen LogP contribution in [0.3, 0.4) is 0 Å². The lowest BCUT2D eigenvalue weighted by Gasteiger charge is -2.23. The number of hydrogen-bond donors (Lipinski definition) is 0. The van der Waals surface area contributed by atoms with Gasteiger partial charge in [0.1, 0.15) is 0 Å². The summed E-state index contributed by atoms with van der Waals surface area (Å²) >= 11 is 1.84. The molecule has 4 heterocycles. The minimum absolute atomic E-state index is 0.730. The molecule has 114 valence electrons. The van der Waals surface area contributed by atoms with E-state index in [0.717, 1.165) is 33.9 Å². The van der Waals surface area contributed by atoms with Crippen molar-refractivity contribution in [2.24, 2.45) is 7.05 Å². The van der Waals surface area contributed by atoms with Gasteiger partial charge in [-0.25, -0.2) is 15.0 Å². The molecular weight excluding hydrogens is 306 g/mol. The van der Waals surface area contributed by atoms with Gasteiger partial charge in [-0.15, -0.1) is 11.3 Å². The number of aromatic nitrogens is 5. The molecule has 1 aliphatic carbocycles. The summed E-state index contributed by atoms with van der Waals surface area (Å²) in [5, 5.41) is 5.31. The van der Waals surface area contributed by atoms with Crippen LogP contribution in [-0.4, -0.2) is 24.7 Å². The van der Waals surface area contributed by atoms with Crippen LogP contribution in [0.1, 0.15) is 30.1 Å². The van der Waals surface area contributed by atoms with Crippen molar-refractivity contribution in [2.75, 3.05) is 0 Å². The largest absolute Gasteiger partial charge is 0.273 e. The molecular formula is C17H15N5S. The number of pyridine rings is 1. The number of nitrogens with zero attached hydrogens (tertiary/aromatic N) is 5. The van der Waals surface area contributed by atoms with Gasteiger partial charge in [-0.1, -0.05) is 6.42 Å². The van der Waals surface area contributed by atoms with Crippen LogP contribution in [0.5, 0.6) is 0 Å². The van der Waals surface area contributed by atoms with Gasteiger partial charge < -0.3 is 0 Å². The summed E-state index contributed by atoms with van der Waals surface area (Å²) < 4.78 is 2.95.